The van der Waals surface area contributed by atoms with E-state index in [9.17, 15) is 4.79 Å². The lowest BCUT2D eigenvalue weighted by atomic mass is 9.87. The van der Waals surface area contributed by atoms with E-state index in [0.29, 0.717) is 19.8 Å². The Kier molecular flexibility index (Phi) is 4.69. The van der Waals surface area contributed by atoms with Crippen LogP contribution >= 0.6 is 0 Å². The molecule has 0 bridgehead atoms. The molecule has 1 amide bonds. The van der Waals surface area contributed by atoms with E-state index in [0.717, 1.165) is 5.56 Å². The molecule has 0 spiro atoms. The number of hydrogen-bond donors (Lipinski definition) is 1. The summed E-state index contributed by atoms with van der Waals surface area (Å²) in [7, 11) is 1.82. The molecule has 1 aromatic rings. The Bertz CT molecular complexity index is 491. The molecule has 21 heavy (non-hydrogen) atoms. The van der Waals surface area contributed by atoms with Gasteiger partial charge in [0, 0.05) is 19.6 Å². The highest BCUT2D eigenvalue weighted by molar-refractivity contribution is 5.79. The monoisotopic (exact) mass is 290 g/mol. The van der Waals surface area contributed by atoms with Gasteiger partial charge in [-0.25, -0.2) is 0 Å². The fourth-order valence-electron chi connectivity index (χ4n) is 2.57. The van der Waals surface area contributed by atoms with Crippen molar-refractivity contribution in [2.45, 2.75) is 38.8 Å². The zero-order valence-corrected chi connectivity index (χ0v) is 13.4. The Hall–Kier alpha value is -1.39. The molecular weight excluding hydrogens is 264 g/mol. The first-order valence-electron chi connectivity index (χ1n) is 7.47. The summed E-state index contributed by atoms with van der Waals surface area (Å²) >= 11 is 0. The van der Waals surface area contributed by atoms with Crippen LogP contribution in [0.3, 0.4) is 0 Å². The molecule has 1 fully saturated rings. The summed E-state index contributed by atoms with van der Waals surface area (Å²) in [5.41, 5.74) is 8.48. The average molecular weight is 290 g/mol. The second-order valence-electron chi connectivity index (χ2n) is 6.95. The minimum atomic E-state index is -0.205. The van der Waals surface area contributed by atoms with E-state index in [-0.39, 0.29) is 23.3 Å². The average Bonchev–Trinajstić information content (AvgIpc) is 2.83. The molecule has 1 aromatic carbocycles. The van der Waals surface area contributed by atoms with Crippen molar-refractivity contribution in [1.82, 2.24) is 4.90 Å². The predicted octanol–water partition coefficient (Wildman–Crippen LogP) is 1.92. The molecule has 116 valence electrons. The predicted molar refractivity (Wildman–Crippen MR) is 83.9 cm³/mol. The van der Waals surface area contributed by atoms with Crippen LogP contribution in [0, 0.1) is 5.92 Å². The number of nitrogens with two attached hydrogens (primary N) is 1. The Balaban J connectivity index is 1.99. The van der Waals surface area contributed by atoms with Crippen LogP contribution in [-0.4, -0.2) is 37.1 Å². The van der Waals surface area contributed by atoms with Crippen molar-refractivity contribution in [2.75, 3.05) is 20.3 Å². The number of carbonyl (C=O) groups excluding carboxylic acids is 1. The summed E-state index contributed by atoms with van der Waals surface area (Å²) in [6.45, 7) is 8.10. The Morgan fingerprint density at radius 1 is 1.29 bits per heavy atom. The van der Waals surface area contributed by atoms with Crippen molar-refractivity contribution in [2.24, 2.45) is 11.7 Å². The van der Waals surface area contributed by atoms with Crippen molar-refractivity contribution in [1.29, 1.82) is 0 Å². The largest absolute Gasteiger partial charge is 0.379 e. The maximum atomic E-state index is 12.4. The van der Waals surface area contributed by atoms with Gasteiger partial charge in [0.2, 0.25) is 5.91 Å². The summed E-state index contributed by atoms with van der Waals surface area (Å²) < 4.78 is 5.27. The van der Waals surface area contributed by atoms with Crippen molar-refractivity contribution in [3.8, 4) is 0 Å². The van der Waals surface area contributed by atoms with Crippen LogP contribution in [0.1, 0.15) is 31.9 Å². The lowest BCUT2D eigenvalue weighted by molar-refractivity contribution is -0.135. The second kappa shape index (κ2) is 6.16. The number of amides is 1. The van der Waals surface area contributed by atoms with Crippen LogP contribution in [-0.2, 0) is 21.5 Å². The Labute approximate surface area is 127 Å². The topological polar surface area (TPSA) is 55.6 Å². The molecule has 1 heterocycles. The van der Waals surface area contributed by atoms with Gasteiger partial charge in [-0.2, -0.15) is 0 Å². The molecular formula is C17H26N2O2. The summed E-state index contributed by atoms with van der Waals surface area (Å²) in [5.74, 6) is -0.135. The SMILES string of the molecule is CN(Cc1ccc(C(C)(C)C)cc1)C(=O)C1COCC1N. The molecule has 1 aliphatic rings. The summed E-state index contributed by atoms with van der Waals surface area (Å²) in [4.78, 5) is 14.1. The lowest BCUT2D eigenvalue weighted by Crippen LogP contribution is -2.41. The molecule has 0 saturated carbocycles. The summed E-state index contributed by atoms with van der Waals surface area (Å²) in [5, 5.41) is 0. The quantitative estimate of drug-likeness (QED) is 0.925. The van der Waals surface area contributed by atoms with Gasteiger partial charge in [-0.3, -0.25) is 4.79 Å². The van der Waals surface area contributed by atoms with Crippen LogP contribution in [0.15, 0.2) is 24.3 Å². The molecule has 0 aromatic heterocycles. The van der Waals surface area contributed by atoms with E-state index < -0.39 is 0 Å². The summed E-state index contributed by atoms with van der Waals surface area (Å²) in [6.07, 6.45) is 0. The molecule has 4 heteroatoms. The minimum absolute atomic E-state index is 0.0693. The number of ether oxygens (including phenoxy) is 1. The standard InChI is InChI=1S/C17H26N2O2/c1-17(2,3)13-7-5-12(6-8-13)9-19(4)16(20)14-10-21-11-15(14)18/h5-8,14-15H,9-11,18H2,1-4H3. The highest BCUT2D eigenvalue weighted by Crippen LogP contribution is 2.23. The van der Waals surface area contributed by atoms with Crippen LogP contribution < -0.4 is 5.73 Å². The van der Waals surface area contributed by atoms with E-state index in [2.05, 4.69) is 45.0 Å². The molecule has 0 aliphatic carbocycles. The number of benzene rings is 1. The van der Waals surface area contributed by atoms with Crippen molar-refractivity contribution in [3.63, 3.8) is 0 Å². The third-order valence-electron chi connectivity index (χ3n) is 4.06. The van der Waals surface area contributed by atoms with E-state index >= 15 is 0 Å². The third-order valence-corrected chi connectivity index (χ3v) is 4.06. The van der Waals surface area contributed by atoms with Crippen molar-refractivity contribution in [3.05, 3.63) is 35.4 Å². The van der Waals surface area contributed by atoms with Gasteiger partial charge in [0.05, 0.1) is 19.1 Å². The van der Waals surface area contributed by atoms with E-state index in [1.807, 2.05) is 7.05 Å². The highest BCUT2D eigenvalue weighted by atomic mass is 16.5. The van der Waals surface area contributed by atoms with Crippen molar-refractivity contribution < 1.29 is 9.53 Å². The molecule has 4 nitrogen and oxygen atoms in total. The van der Waals surface area contributed by atoms with Gasteiger partial charge in [-0.1, -0.05) is 45.0 Å². The van der Waals surface area contributed by atoms with E-state index in [4.69, 9.17) is 10.5 Å². The van der Waals surface area contributed by atoms with Gasteiger partial charge in [-0.15, -0.1) is 0 Å². The van der Waals surface area contributed by atoms with Gasteiger partial charge in [0.1, 0.15) is 0 Å². The number of nitrogens with zero attached hydrogens (tertiary/aromatic N) is 1. The second-order valence-corrected chi connectivity index (χ2v) is 6.95. The first kappa shape index (κ1) is 16.0. The molecule has 1 aliphatic heterocycles. The lowest BCUT2D eigenvalue weighted by Gasteiger charge is -2.23. The first-order chi connectivity index (χ1) is 9.79. The number of carbonyl (C=O) groups is 1. The maximum absolute atomic E-state index is 12.4. The first-order valence-corrected chi connectivity index (χ1v) is 7.47. The third kappa shape index (κ3) is 3.83. The van der Waals surface area contributed by atoms with Gasteiger partial charge in [0.25, 0.3) is 0 Å². The van der Waals surface area contributed by atoms with E-state index in [1.54, 1.807) is 4.90 Å². The molecule has 2 unspecified atom stereocenters. The van der Waals surface area contributed by atoms with Crippen molar-refractivity contribution >= 4 is 5.91 Å². The fraction of sp³-hybridized carbons (Fsp3) is 0.588. The zero-order valence-electron chi connectivity index (χ0n) is 13.4. The minimum Gasteiger partial charge on any atom is -0.379 e. The smallest absolute Gasteiger partial charge is 0.229 e. The molecule has 0 radical (unpaired) electrons. The maximum Gasteiger partial charge on any atom is 0.229 e. The number of hydrogen-bond acceptors (Lipinski definition) is 3. The fourth-order valence-corrected chi connectivity index (χ4v) is 2.57. The molecule has 2 atom stereocenters. The van der Waals surface area contributed by atoms with Gasteiger partial charge in [0.15, 0.2) is 0 Å². The molecule has 2 rings (SSSR count). The van der Waals surface area contributed by atoms with Gasteiger partial charge < -0.3 is 15.4 Å². The van der Waals surface area contributed by atoms with Crippen LogP contribution in [0.4, 0.5) is 0 Å². The molecule has 2 N–H and O–H groups in total. The zero-order chi connectivity index (χ0) is 15.6. The Morgan fingerprint density at radius 3 is 2.38 bits per heavy atom. The highest BCUT2D eigenvalue weighted by Gasteiger charge is 2.33. The normalized spacial score (nSPS) is 22.3. The van der Waals surface area contributed by atoms with Crippen LogP contribution in [0.25, 0.3) is 0 Å². The van der Waals surface area contributed by atoms with Gasteiger partial charge in [-0.05, 0) is 16.5 Å². The van der Waals surface area contributed by atoms with E-state index in [1.165, 1.54) is 5.56 Å². The summed E-state index contributed by atoms with van der Waals surface area (Å²) in [6, 6.07) is 8.28. The van der Waals surface area contributed by atoms with Crippen LogP contribution in [0.5, 0.6) is 0 Å². The van der Waals surface area contributed by atoms with Crippen LogP contribution in [0.2, 0.25) is 0 Å². The van der Waals surface area contributed by atoms with Gasteiger partial charge >= 0.3 is 0 Å². The molecule has 1 saturated heterocycles. The Morgan fingerprint density at radius 2 is 1.90 bits per heavy atom. The number of rotatable bonds is 3.